The van der Waals surface area contributed by atoms with E-state index in [2.05, 4.69) is 22.4 Å². The van der Waals surface area contributed by atoms with Crippen LogP contribution in [0.1, 0.15) is 33.9 Å². The lowest BCUT2D eigenvalue weighted by molar-refractivity contribution is 0.0937. The molecule has 1 unspecified atom stereocenters. The Hall–Kier alpha value is -1.87. The summed E-state index contributed by atoms with van der Waals surface area (Å²) in [4.78, 5) is 16.1. The van der Waals surface area contributed by atoms with Crippen LogP contribution in [0.15, 0.2) is 42.7 Å². The molecule has 0 saturated heterocycles. The number of fused-ring (bicyclic) bond motifs is 1. The van der Waals surface area contributed by atoms with Crippen molar-refractivity contribution < 1.29 is 4.79 Å². The van der Waals surface area contributed by atoms with Crippen LogP contribution < -0.4 is 5.32 Å². The molecular weight excluding hydrogens is 260 g/mol. The van der Waals surface area contributed by atoms with Gasteiger partial charge in [-0.25, -0.2) is 0 Å². The van der Waals surface area contributed by atoms with E-state index in [9.17, 15) is 4.79 Å². The molecule has 0 spiro atoms. The molecule has 3 rings (SSSR count). The average Bonchev–Trinajstić information content (AvgIpc) is 2.83. The maximum absolute atomic E-state index is 12.2. The molecule has 1 amide bonds. The van der Waals surface area contributed by atoms with Crippen LogP contribution in [0.5, 0.6) is 0 Å². The lowest BCUT2D eigenvalue weighted by Crippen LogP contribution is -2.27. The molecular formula is C15H13ClN2O. The van der Waals surface area contributed by atoms with Crippen molar-refractivity contribution in [2.24, 2.45) is 0 Å². The topological polar surface area (TPSA) is 42.0 Å². The first-order valence-electron chi connectivity index (χ1n) is 6.24. The number of aromatic nitrogens is 1. The minimum absolute atomic E-state index is 0.0768. The van der Waals surface area contributed by atoms with Gasteiger partial charge in [0.15, 0.2) is 0 Å². The Bertz CT molecular complexity index is 627. The van der Waals surface area contributed by atoms with Crippen LogP contribution in [-0.2, 0) is 6.42 Å². The zero-order valence-electron chi connectivity index (χ0n) is 10.3. The quantitative estimate of drug-likeness (QED) is 0.912. The Morgan fingerprint density at radius 1 is 1.32 bits per heavy atom. The Morgan fingerprint density at radius 3 is 3.00 bits per heavy atom. The average molecular weight is 273 g/mol. The molecule has 0 saturated carbocycles. The summed E-state index contributed by atoms with van der Waals surface area (Å²) < 4.78 is 0. The van der Waals surface area contributed by atoms with E-state index in [0.717, 1.165) is 12.8 Å². The van der Waals surface area contributed by atoms with E-state index >= 15 is 0 Å². The van der Waals surface area contributed by atoms with Gasteiger partial charge in [-0.2, -0.15) is 0 Å². The third-order valence-corrected chi connectivity index (χ3v) is 3.76. The minimum Gasteiger partial charge on any atom is -0.345 e. The van der Waals surface area contributed by atoms with Crippen molar-refractivity contribution >= 4 is 17.5 Å². The second-order valence-corrected chi connectivity index (χ2v) is 5.03. The molecule has 0 bridgehead atoms. The predicted octanol–water partition coefficient (Wildman–Crippen LogP) is 3.15. The summed E-state index contributed by atoms with van der Waals surface area (Å²) in [6, 6.07) is 9.93. The van der Waals surface area contributed by atoms with Crippen molar-refractivity contribution in [3.8, 4) is 0 Å². The van der Waals surface area contributed by atoms with Gasteiger partial charge in [-0.1, -0.05) is 35.9 Å². The Balaban J connectivity index is 1.81. The number of amides is 1. The Labute approximate surface area is 116 Å². The van der Waals surface area contributed by atoms with Crippen molar-refractivity contribution in [1.82, 2.24) is 10.3 Å². The number of carbonyl (C=O) groups is 1. The summed E-state index contributed by atoms with van der Waals surface area (Å²) in [5, 5.41) is 3.42. The highest BCUT2D eigenvalue weighted by Crippen LogP contribution is 2.31. The van der Waals surface area contributed by atoms with E-state index in [4.69, 9.17) is 11.6 Å². The highest BCUT2D eigenvalue weighted by atomic mass is 35.5. The number of pyridine rings is 1. The second-order valence-electron chi connectivity index (χ2n) is 4.62. The summed E-state index contributed by atoms with van der Waals surface area (Å²) in [6.07, 6.45) is 5.00. The number of nitrogens with zero attached hydrogens (tertiary/aromatic N) is 1. The van der Waals surface area contributed by atoms with Crippen LogP contribution in [0.2, 0.25) is 5.02 Å². The molecule has 1 N–H and O–H groups in total. The molecule has 1 heterocycles. The molecule has 4 heteroatoms. The van der Waals surface area contributed by atoms with Crippen molar-refractivity contribution in [2.75, 3.05) is 0 Å². The van der Waals surface area contributed by atoms with E-state index in [1.165, 1.54) is 17.3 Å². The van der Waals surface area contributed by atoms with Crippen LogP contribution in [0.25, 0.3) is 0 Å². The van der Waals surface area contributed by atoms with Gasteiger partial charge in [-0.05, 0) is 30.0 Å². The maximum atomic E-state index is 12.2. The SMILES string of the molecule is O=C(NC1CCc2ccccc21)c1ccncc1Cl. The van der Waals surface area contributed by atoms with Crippen molar-refractivity contribution in [3.05, 3.63) is 64.4 Å². The van der Waals surface area contributed by atoms with Gasteiger partial charge in [-0.3, -0.25) is 9.78 Å². The number of hydrogen-bond acceptors (Lipinski definition) is 2. The second kappa shape index (κ2) is 5.02. The third-order valence-electron chi connectivity index (χ3n) is 3.46. The summed E-state index contributed by atoms with van der Waals surface area (Å²) in [7, 11) is 0. The van der Waals surface area contributed by atoms with E-state index in [1.54, 1.807) is 12.3 Å². The molecule has 19 heavy (non-hydrogen) atoms. The molecule has 1 aliphatic carbocycles. The molecule has 0 aliphatic heterocycles. The summed E-state index contributed by atoms with van der Waals surface area (Å²) in [5.74, 6) is -0.144. The van der Waals surface area contributed by atoms with Crippen molar-refractivity contribution in [1.29, 1.82) is 0 Å². The molecule has 2 aromatic rings. The van der Waals surface area contributed by atoms with E-state index in [1.807, 2.05) is 12.1 Å². The Kier molecular flexibility index (Phi) is 3.22. The molecule has 1 aromatic heterocycles. The summed E-state index contributed by atoms with van der Waals surface area (Å²) in [5.41, 5.74) is 3.00. The fourth-order valence-electron chi connectivity index (χ4n) is 2.50. The third kappa shape index (κ3) is 2.34. The van der Waals surface area contributed by atoms with Gasteiger partial charge in [0.25, 0.3) is 5.91 Å². The number of aryl methyl sites for hydroxylation is 1. The zero-order valence-corrected chi connectivity index (χ0v) is 11.0. The number of rotatable bonds is 2. The first kappa shape index (κ1) is 12.2. The highest BCUT2D eigenvalue weighted by Gasteiger charge is 2.24. The van der Waals surface area contributed by atoms with Crippen LogP contribution in [0.3, 0.4) is 0 Å². The van der Waals surface area contributed by atoms with Crippen LogP contribution in [-0.4, -0.2) is 10.9 Å². The molecule has 0 radical (unpaired) electrons. The van der Waals surface area contributed by atoms with Crippen LogP contribution in [0.4, 0.5) is 0 Å². The standard InChI is InChI=1S/C15H13ClN2O/c16-13-9-17-8-7-12(13)15(19)18-14-6-5-10-3-1-2-4-11(10)14/h1-4,7-9,14H,5-6H2,(H,18,19). The zero-order chi connectivity index (χ0) is 13.2. The van der Waals surface area contributed by atoms with Gasteiger partial charge < -0.3 is 5.32 Å². The van der Waals surface area contributed by atoms with Crippen LogP contribution >= 0.6 is 11.6 Å². The number of nitrogens with one attached hydrogen (secondary N) is 1. The first-order valence-corrected chi connectivity index (χ1v) is 6.61. The van der Waals surface area contributed by atoms with Crippen molar-refractivity contribution in [2.45, 2.75) is 18.9 Å². The fraction of sp³-hybridized carbons (Fsp3) is 0.200. The maximum Gasteiger partial charge on any atom is 0.253 e. The molecule has 1 atom stereocenters. The monoisotopic (exact) mass is 272 g/mol. The van der Waals surface area contributed by atoms with Gasteiger partial charge in [-0.15, -0.1) is 0 Å². The molecule has 1 aromatic carbocycles. The van der Waals surface area contributed by atoms with E-state index in [0.29, 0.717) is 10.6 Å². The predicted molar refractivity (Wildman–Crippen MR) is 74.2 cm³/mol. The number of halogens is 1. The molecule has 96 valence electrons. The smallest absolute Gasteiger partial charge is 0.253 e. The van der Waals surface area contributed by atoms with Gasteiger partial charge in [0.2, 0.25) is 0 Å². The molecule has 3 nitrogen and oxygen atoms in total. The molecule has 0 fully saturated rings. The number of benzene rings is 1. The first-order chi connectivity index (χ1) is 9.25. The largest absolute Gasteiger partial charge is 0.345 e. The van der Waals surface area contributed by atoms with Gasteiger partial charge in [0.05, 0.1) is 16.6 Å². The summed E-state index contributed by atoms with van der Waals surface area (Å²) in [6.45, 7) is 0. The molecule has 1 aliphatic rings. The lowest BCUT2D eigenvalue weighted by Gasteiger charge is -2.14. The fourth-order valence-corrected chi connectivity index (χ4v) is 2.71. The van der Waals surface area contributed by atoms with Crippen molar-refractivity contribution in [3.63, 3.8) is 0 Å². The highest BCUT2D eigenvalue weighted by molar-refractivity contribution is 6.33. The van der Waals surface area contributed by atoms with Gasteiger partial charge in [0.1, 0.15) is 0 Å². The number of carbonyl (C=O) groups excluding carboxylic acids is 1. The number of hydrogen-bond donors (Lipinski definition) is 1. The summed E-state index contributed by atoms with van der Waals surface area (Å²) >= 11 is 5.98. The normalized spacial score (nSPS) is 17.0. The lowest BCUT2D eigenvalue weighted by atomic mass is 10.1. The van der Waals surface area contributed by atoms with E-state index in [-0.39, 0.29) is 11.9 Å². The van der Waals surface area contributed by atoms with Crippen LogP contribution in [0, 0.1) is 0 Å². The van der Waals surface area contributed by atoms with Gasteiger partial charge >= 0.3 is 0 Å². The van der Waals surface area contributed by atoms with E-state index < -0.39 is 0 Å². The minimum atomic E-state index is -0.144. The van der Waals surface area contributed by atoms with Gasteiger partial charge in [0, 0.05) is 12.4 Å². The Morgan fingerprint density at radius 2 is 2.16 bits per heavy atom.